The topological polar surface area (TPSA) is 106 Å². The van der Waals surface area contributed by atoms with Crippen LogP contribution in [0.1, 0.15) is 9.80 Å². The molecule has 3 aromatic heterocycles. The number of methoxy groups -OCH3 is 1. The molecule has 1 aromatic carbocycles. The molecular formula is C22H23N7O3S. The predicted molar refractivity (Wildman–Crippen MR) is 128 cm³/mol. The number of piperazine rings is 1. The van der Waals surface area contributed by atoms with E-state index in [-0.39, 0.29) is 16.6 Å². The second-order valence-electron chi connectivity index (χ2n) is 7.63. The van der Waals surface area contributed by atoms with Gasteiger partial charge in [-0.15, -0.1) is 11.3 Å². The van der Waals surface area contributed by atoms with Gasteiger partial charge in [-0.3, -0.25) is 14.3 Å². The van der Waals surface area contributed by atoms with Gasteiger partial charge in [0.05, 0.1) is 35.7 Å². The summed E-state index contributed by atoms with van der Waals surface area (Å²) >= 11 is 1.19. The second kappa shape index (κ2) is 8.68. The van der Waals surface area contributed by atoms with Crippen LogP contribution in [-0.4, -0.2) is 58.3 Å². The lowest BCUT2D eigenvalue weighted by molar-refractivity contribution is 0.102. The Kier molecular flexibility index (Phi) is 5.56. The van der Waals surface area contributed by atoms with Crippen LogP contribution in [-0.2, 0) is 7.05 Å². The molecule has 0 radical (unpaired) electrons. The molecule has 0 spiro atoms. The zero-order chi connectivity index (χ0) is 22.9. The molecule has 4 heterocycles. The number of ether oxygens (including phenoxy) is 1. The van der Waals surface area contributed by atoms with E-state index in [2.05, 4.69) is 25.5 Å². The lowest BCUT2D eigenvalue weighted by Gasteiger charge is -2.30. The Morgan fingerprint density at radius 3 is 2.82 bits per heavy atom. The molecule has 0 aliphatic carbocycles. The number of fused-ring (bicyclic) bond motifs is 1. The van der Waals surface area contributed by atoms with Gasteiger partial charge in [0.1, 0.15) is 5.75 Å². The van der Waals surface area contributed by atoms with Crippen LogP contribution in [0.2, 0.25) is 0 Å². The van der Waals surface area contributed by atoms with Gasteiger partial charge < -0.3 is 20.3 Å². The van der Waals surface area contributed by atoms with E-state index in [1.54, 1.807) is 44.1 Å². The van der Waals surface area contributed by atoms with Crippen molar-refractivity contribution < 1.29 is 9.53 Å². The number of anilines is 2. The third kappa shape index (κ3) is 3.85. The first kappa shape index (κ1) is 21.2. The van der Waals surface area contributed by atoms with Crippen molar-refractivity contribution in [2.75, 3.05) is 43.5 Å². The number of hydrogen-bond acceptors (Lipinski definition) is 8. The first-order valence-corrected chi connectivity index (χ1v) is 11.4. The molecule has 1 fully saturated rings. The molecule has 0 saturated carbocycles. The number of benzene rings is 1. The van der Waals surface area contributed by atoms with Crippen molar-refractivity contribution in [3.63, 3.8) is 0 Å². The number of pyridine rings is 1. The first-order chi connectivity index (χ1) is 16.1. The minimum atomic E-state index is -0.342. The zero-order valence-corrected chi connectivity index (χ0v) is 19.1. The maximum absolute atomic E-state index is 13.0. The number of nitrogens with zero attached hydrogens (tertiary/aromatic N) is 5. The van der Waals surface area contributed by atoms with Gasteiger partial charge in [-0.25, -0.2) is 14.3 Å². The minimum Gasteiger partial charge on any atom is -0.497 e. The fourth-order valence-electron chi connectivity index (χ4n) is 3.98. The van der Waals surface area contributed by atoms with Crippen molar-refractivity contribution in [2.45, 2.75) is 0 Å². The Bertz CT molecular complexity index is 1380. The van der Waals surface area contributed by atoms with Crippen LogP contribution in [0.15, 0.2) is 46.8 Å². The van der Waals surface area contributed by atoms with E-state index in [1.165, 1.54) is 20.5 Å². The summed E-state index contributed by atoms with van der Waals surface area (Å²) < 4.78 is 8.31. The standard InChI is InChI=1S/C22H23N7O3S/c1-27-18-11-14(32-2)3-4-17(18)29(22(27)31)19-13-33-21(26-19)20(30)25-15-12-24-6-5-16(15)28-9-7-23-8-10-28/h3-6,11-13,23H,7-10H2,1-2H3,(H,25,30). The van der Waals surface area contributed by atoms with E-state index in [1.807, 2.05) is 12.1 Å². The Labute approximate surface area is 193 Å². The molecule has 1 saturated heterocycles. The number of carbonyl (C=O) groups excluding carboxylic acids is 1. The average molecular weight is 466 g/mol. The van der Waals surface area contributed by atoms with Crippen LogP contribution in [0.4, 0.5) is 11.4 Å². The van der Waals surface area contributed by atoms with E-state index in [0.717, 1.165) is 37.4 Å². The number of imidazole rings is 1. The van der Waals surface area contributed by atoms with Gasteiger partial charge >= 0.3 is 5.69 Å². The molecule has 11 heteroatoms. The van der Waals surface area contributed by atoms with Gasteiger partial charge in [0.2, 0.25) is 0 Å². The SMILES string of the molecule is COc1ccc2c(c1)n(C)c(=O)n2-c1csc(C(=O)Nc2cnccc2N2CCNCC2)n1. The highest BCUT2D eigenvalue weighted by Gasteiger charge is 2.20. The van der Waals surface area contributed by atoms with Gasteiger partial charge in [-0.2, -0.15) is 0 Å². The zero-order valence-electron chi connectivity index (χ0n) is 18.2. The highest BCUT2D eigenvalue weighted by Crippen LogP contribution is 2.27. The molecule has 170 valence electrons. The molecule has 0 atom stereocenters. The smallest absolute Gasteiger partial charge is 0.334 e. The number of carbonyl (C=O) groups is 1. The van der Waals surface area contributed by atoms with Gasteiger partial charge in [0.15, 0.2) is 10.8 Å². The molecular weight excluding hydrogens is 442 g/mol. The van der Waals surface area contributed by atoms with Crippen LogP contribution in [0, 0.1) is 0 Å². The minimum absolute atomic E-state index is 0.247. The third-order valence-corrected chi connectivity index (χ3v) is 6.51. The Balaban J connectivity index is 1.44. The maximum Gasteiger partial charge on any atom is 0.334 e. The summed E-state index contributed by atoms with van der Waals surface area (Å²) in [4.78, 5) is 36.8. The van der Waals surface area contributed by atoms with Crippen molar-refractivity contribution >= 4 is 39.7 Å². The summed E-state index contributed by atoms with van der Waals surface area (Å²) in [7, 11) is 3.28. The summed E-state index contributed by atoms with van der Waals surface area (Å²) in [5, 5.41) is 8.23. The lowest BCUT2D eigenvalue weighted by Crippen LogP contribution is -2.43. The highest BCUT2D eigenvalue weighted by atomic mass is 32.1. The summed E-state index contributed by atoms with van der Waals surface area (Å²) in [5.41, 5.74) is 2.72. The third-order valence-electron chi connectivity index (χ3n) is 5.68. The number of hydrogen-bond donors (Lipinski definition) is 2. The quantitative estimate of drug-likeness (QED) is 0.463. The average Bonchev–Trinajstić information content (AvgIpc) is 3.43. The van der Waals surface area contributed by atoms with Crippen LogP contribution in [0.25, 0.3) is 16.9 Å². The van der Waals surface area contributed by atoms with Gasteiger partial charge in [0, 0.05) is 50.9 Å². The van der Waals surface area contributed by atoms with Crippen molar-refractivity contribution in [2.24, 2.45) is 7.05 Å². The molecule has 1 amide bonds. The number of nitrogens with one attached hydrogen (secondary N) is 2. The first-order valence-electron chi connectivity index (χ1n) is 10.5. The maximum atomic E-state index is 13.0. The van der Waals surface area contributed by atoms with Gasteiger partial charge in [-0.1, -0.05) is 0 Å². The van der Waals surface area contributed by atoms with Crippen LogP contribution in [0.5, 0.6) is 5.75 Å². The molecule has 1 aliphatic rings. The molecule has 10 nitrogen and oxygen atoms in total. The Morgan fingerprint density at radius 1 is 1.21 bits per heavy atom. The van der Waals surface area contributed by atoms with E-state index in [9.17, 15) is 9.59 Å². The van der Waals surface area contributed by atoms with Crippen molar-refractivity contribution in [3.05, 3.63) is 57.5 Å². The fraction of sp³-hybridized carbons (Fsp3) is 0.273. The molecule has 4 aromatic rings. The van der Waals surface area contributed by atoms with E-state index in [0.29, 0.717) is 22.8 Å². The molecule has 5 rings (SSSR count). The van der Waals surface area contributed by atoms with Crippen molar-refractivity contribution in [1.29, 1.82) is 0 Å². The van der Waals surface area contributed by atoms with Gasteiger partial charge in [0.25, 0.3) is 5.91 Å². The number of amides is 1. The Hall–Kier alpha value is -3.70. The van der Waals surface area contributed by atoms with E-state index < -0.39 is 0 Å². The van der Waals surface area contributed by atoms with E-state index in [4.69, 9.17) is 4.74 Å². The fourth-order valence-corrected chi connectivity index (χ4v) is 4.66. The summed E-state index contributed by atoms with van der Waals surface area (Å²) in [5.74, 6) is 0.718. The number of rotatable bonds is 5. The summed E-state index contributed by atoms with van der Waals surface area (Å²) in [6.07, 6.45) is 3.36. The second-order valence-corrected chi connectivity index (χ2v) is 8.48. The lowest BCUT2D eigenvalue weighted by atomic mass is 10.2. The largest absolute Gasteiger partial charge is 0.497 e. The molecule has 2 N–H and O–H groups in total. The monoisotopic (exact) mass is 465 g/mol. The normalized spacial score (nSPS) is 13.9. The molecule has 0 unspecified atom stereocenters. The number of aryl methyl sites for hydroxylation is 1. The predicted octanol–water partition coefficient (Wildman–Crippen LogP) is 1.85. The highest BCUT2D eigenvalue weighted by molar-refractivity contribution is 7.12. The van der Waals surface area contributed by atoms with Gasteiger partial charge in [-0.05, 0) is 18.2 Å². The summed E-state index contributed by atoms with van der Waals surface area (Å²) in [6.45, 7) is 3.47. The van der Waals surface area contributed by atoms with E-state index >= 15 is 0 Å². The van der Waals surface area contributed by atoms with Crippen molar-refractivity contribution in [3.8, 4) is 11.6 Å². The number of thiazole rings is 1. The molecule has 1 aliphatic heterocycles. The number of aromatic nitrogens is 4. The van der Waals surface area contributed by atoms with Crippen LogP contribution in [0.3, 0.4) is 0 Å². The Morgan fingerprint density at radius 2 is 2.03 bits per heavy atom. The van der Waals surface area contributed by atoms with Crippen LogP contribution >= 0.6 is 11.3 Å². The van der Waals surface area contributed by atoms with Crippen LogP contribution < -0.4 is 26.0 Å². The molecule has 0 bridgehead atoms. The molecule has 33 heavy (non-hydrogen) atoms. The van der Waals surface area contributed by atoms with Crippen molar-refractivity contribution in [1.82, 2.24) is 24.4 Å². The summed E-state index contributed by atoms with van der Waals surface area (Å²) in [6, 6.07) is 7.30.